The van der Waals surface area contributed by atoms with Crippen molar-refractivity contribution in [1.29, 1.82) is 0 Å². The second-order valence-corrected chi connectivity index (χ2v) is 5.53. The Labute approximate surface area is 127 Å². The lowest BCUT2D eigenvalue weighted by Gasteiger charge is -2.05. The van der Waals surface area contributed by atoms with E-state index in [0.29, 0.717) is 12.5 Å². The van der Waals surface area contributed by atoms with Gasteiger partial charge in [-0.25, -0.2) is 4.98 Å². The summed E-state index contributed by atoms with van der Waals surface area (Å²) in [4.78, 5) is 5.45. The Morgan fingerprint density at radius 1 is 1.24 bits per heavy atom. The molecule has 1 aromatic carbocycles. The van der Waals surface area contributed by atoms with Gasteiger partial charge >= 0.3 is 0 Å². The zero-order valence-electron chi connectivity index (χ0n) is 11.7. The minimum atomic E-state index is 0.403. The molecule has 0 bridgehead atoms. The molecule has 108 valence electrons. The highest BCUT2D eigenvalue weighted by Crippen LogP contribution is 2.24. The van der Waals surface area contributed by atoms with Crippen molar-refractivity contribution in [2.45, 2.75) is 13.2 Å². The maximum Gasteiger partial charge on any atom is 0.236 e. The molecule has 21 heavy (non-hydrogen) atoms. The highest BCUT2D eigenvalue weighted by Gasteiger charge is 2.07. The minimum absolute atomic E-state index is 0.403. The Kier molecular flexibility index (Phi) is 4.33. The summed E-state index contributed by atoms with van der Waals surface area (Å²) >= 11 is 1.61. The molecule has 0 atom stereocenters. The molecule has 0 saturated carbocycles. The van der Waals surface area contributed by atoms with Crippen LogP contribution in [0, 0.1) is 0 Å². The average Bonchev–Trinajstić information content (AvgIpc) is 3.18. The first-order chi connectivity index (χ1) is 10.3. The number of thiophene rings is 1. The quantitative estimate of drug-likeness (QED) is 0.754. The first kappa shape index (κ1) is 13.9. The highest BCUT2D eigenvalue weighted by molar-refractivity contribution is 7.13. The second-order valence-electron chi connectivity index (χ2n) is 4.58. The lowest BCUT2D eigenvalue weighted by molar-refractivity contribution is 0.301. The molecule has 0 saturated heterocycles. The normalized spacial score (nSPS) is 10.7. The van der Waals surface area contributed by atoms with Crippen LogP contribution in [0.1, 0.15) is 11.3 Å². The fourth-order valence-electron chi connectivity index (χ4n) is 1.95. The highest BCUT2D eigenvalue weighted by atomic mass is 32.1. The van der Waals surface area contributed by atoms with E-state index in [1.165, 1.54) is 5.56 Å². The van der Waals surface area contributed by atoms with E-state index >= 15 is 0 Å². The Balaban J connectivity index is 1.60. The zero-order valence-corrected chi connectivity index (χ0v) is 12.5. The molecule has 2 heterocycles. The molecule has 3 rings (SSSR count). The molecule has 0 fully saturated rings. The van der Waals surface area contributed by atoms with Crippen LogP contribution in [-0.2, 0) is 13.2 Å². The van der Waals surface area contributed by atoms with Crippen LogP contribution in [0.15, 0.2) is 52.5 Å². The molecule has 1 N–H and O–H groups in total. The van der Waals surface area contributed by atoms with Crippen LogP contribution in [-0.4, -0.2) is 12.0 Å². The number of hydrogen-bond donors (Lipinski definition) is 1. The number of rotatable bonds is 6. The number of nitrogens with zero attached hydrogens (tertiary/aromatic N) is 1. The molecule has 0 spiro atoms. The van der Waals surface area contributed by atoms with E-state index in [2.05, 4.69) is 10.3 Å². The number of oxazole rings is 1. The monoisotopic (exact) mass is 300 g/mol. The van der Waals surface area contributed by atoms with Gasteiger partial charge in [0.1, 0.15) is 24.3 Å². The van der Waals surface area contributed by atoms with Gasteiger partial charge < -0.3 is 14.5 Å². The zero-order chi connectivity index (χ0) is 14.5. The third-order valence-corrected chi connectivity index (χ3v) is 3.83. The summed E-state index contributed by atoms with van der Waals surface area (Å²) in [6.45, 7) is 1.26. The van der Waals surface area contributed by atoms with E-state index in [4.69, 9.17) is 9.15 Å². The number of benzene rings is 1. The molecular formula is C16H16N2O2S. The molecule has 0 radical (unpaired) electrons. The first-order valence-electron chi connectivity index (χ1n) is 6.70. The first-order valence-corrected chi connectivity index (χ1v) is 7.58. The largest absolute Gasteiger partial charge is 0.487 e. The van der Waals surface area contributed by atoms with Gasteiger partial charge in [0.2, 0.25) is 5.89 Å². The van der Waals surface area contributed by atoms with Crippen molar-refractivity contribution in [1.82, 2.24) is 10.3 Å². The lowest BCUT2D eigenvalue weighted by atomic mass is 10.2. The summed E-state index contributed by atoms with van der Waals surface area (Å²) in [5.41, 5.74) is 2.02. The van der Waals surface area contributed by atoms with Crippen molar-refractivity contribution in [3.8, 4) is 16.5 Å². The van der Waals surface area contributed by atoms with E-state index in [1.807, 2.05) is 48.8 Å². The second kappa shape index (κ2) is 6.56. The summed E-state index contributed by atoms with van der Waals surface area (Å²) in [6, 6.07) is 12.0. The third-order valence-electron chi connectivity index (χ3n) is 2.97. The van der Waals surface area contributed by atoms with Gasteiger partial charge in [0.15, 0.2) is 0 Å². The summed E-state index contributed by atoms with van der Waals surface area (Å²) in [6.07, 6.45) is 1.64. The fraction of sp³-hybridized carbons (Fsp3) is 0.188. The molecule has 0 amide bonds. The number of aromatic nitrogens is 1. The van der Waals surface area contributed by atoms with Crippen molar-refractivity contribution in [3.63, 3.8) is 0 Å². The molecule has 0 unspecified atom stereocenters. The van der Waals surface area contributed by atoms with E-state index in [1.54, 1.807) is 17.6 Å². The van der Waals surface area contributed by atoms with Crippen LogP contribution in [0.5, 0.6) is 5.75 Å². The predicted molar refractivity (Wildman–Crippen MR) is 83.4 cm³/mol. The number of nitrogens with one attached hydrogen (secondary N) is 1. The molecular weight excluding hydrogens is 284 g/mol. The van der Waals surface area contributed by atoms with Crippen LogP contribution in [0.3, 0.4) is 0 Å². The lowest BCUT2D eigenvalue weighted by Crippen LogP contribution is -2.04. The molecule has 3 aromatic rings. The molecule has 4 nitrogen and oxygen atoms in total. The van der Waals surface area contributed by atoms with E-state index < -0.39 is 0 Å². The Morgan fingerprint density at radius 3 is 2.81 bits per heavy atom. The van der Waals surface area contributed by atoms with Crippen molar-refractivity contribution >= 4 is 11.3 Å². The molecule has 5 heteroatoms. The SMILES string of the molecule is CNCc1ccc(OCc2coc(-c3cccs3)n2)cc1. The standard InChI is InChI=1S/C16H16N2O2S/c1-17-9-12-4-6-14(7-5-12)19-10-13-11-20-16(18-13)15-3-2-8-21-15/h2-8,11,17H,9-10H2,1H3. The van der Waals surface area contributed by atoms with Crippen LogP contribution in [0.25, 0.3) is 10.8 Å². The van der Waals surface area contributed by atoms with E-state index in [9.17, 15) is 0 Å². The predicted octanol–water partition coefficient (Wildman–Crippen LogP) is 3.70. The van der Waals surface area contributed by atoms with E-state index in [-0.39, 0.29) is 0 Å². The van der Waals surface area contributed by atoms with Gasteiger partial charge in [-0.1, -0.05) is 18.2 Å². The van der Waals surface area contributed by atoms with Crippen molar-refractivity contribution in [2.75, 3.05) is 7.05 Å². The third kappa shape index (κ3) is 3.51. The molecule has 0 aliphatic carbocycles. The summed E-state index contributed by atoms with van der Waals surface area (Å²) in [7, 11) is 1.93. The topological polar surface area (TPSA) is 47.3 Å². The van der Waals surface area contributed by atoms with Crippen molar-refractivity contribution in [3.05, 3.63) is 59.3 Å². The van der Waals surface area contributed by atoms with Gasteiger partial charge in [0.25, 0.3) is 0 Å². The molecule has 2 aromatic heterocycles. The van der Waals surface area contributed by atoms with Gasteiger partial charge in [-0.2, -0.15) is 0 Å². The summed E-state index contributed by atoms with van der Waals surface area (Å²) < 4.78 is 11.2. The number of hydrogen-bond acceptors (Lipinski definition) is 5. The van der Waals surface area contributed by atoms with Crippen LogP contribution in [0.4, 0.5) is 0 Å². The fourth-order valence-corrected chi connectivity index (χ4v) is 2.61. The Morgan fingerprint density at radius 2 is 2.10 bits per heavy atom. The van der Waals surface area contributed by atoms with Gasteiger partial charge in [0.05, 0.1) is 4.88 Å². The van der Waals surface area contributed by atoms with Gasteiger partial charge in [-0.3, -0.25) is 0 Å². The maximum absolute atomic E-state index is 5.72. The average molecular weight is 300 g/mol. The van der Waals surface area contributed by atoms with Crippen molar-refractivity contribution in [2.24, 2.45) is 0 Å². The van der Waals surface area contributed by atoms with Crippen LogP contribution < -0.4 is 10.1 Å². The van der Waals surface area contributed by atoms with E-state index in [0.717, 1.165) is 22.9 Å². The Bertz CT molecular complexity index is 675. The van der Waals surface area contributed by atoms with Crippen LogP contribution >= 0.6 is 11.3 Å². The smallest absolute Gasteiger partial charge is 0.236 e. The van der Waals surface area contributed by atoms with Crippen molar-refractivity contribution < 1.29 is 9.15 Å². The Hall–Kier alpha value is -2.11. The van der Waals surface area contributed by atoms with Gasteiger partial charge in [-0.05, 0) is 36.2 Å². The van der Waals surface area contributed by atoms with Gasteiger partial charge in [-0.15, -0.1) is 11.3 Å². The van der Waals surface area contributed by atoms with Crippen LogP contribution in [0.2, 0.25) is 0 Å². The molecule has 0 aliphatic heterocycles. The summed E-state index contributed by atoms with van der Waals surface area (Å²) in [5, 5.41) is 5.12. The number of ether oxygens (including phenoxy) is 1. The molecule has 0 aliphatic rings. The van der Waals surface area contributed by atoms with Gasteiger partial charge in [0, 0.05) is 6.54 Å². The summed E-state index contributed by atoms with van der Waals surface area (Å²) in [5.74, 6) is 1.48. The minimum Gasteiger partial charge on any atom is -0.487 e. The maximum atomic E-state index is 5.72.